The van der Waals surface area contributed by atoms with Gasteiger partial charge in [0.1, 0.15) is 0 Å². The lowest BCUT2D eigenvalue weighted by Crippen LogP contribution is -2.34. The molecule has 1 aliphatic rings. The quantitative estimate of drug-likeness (QED) is 0.553. The monoisotopic (exact) mass is 458 g/mol. The maximum absolute atomic E-state index is 13.5. The molecule has 4 rings (SSSR count). The van der Waals surface area contributed by atoms with Gasteiger partial charge in [-0.25, -0.2) is 0 Å². The molecule has 164 valence electrons. The lowest BCUT2D eigenvalue weighted by atomic mass is 9.90. The minimum atomic E-state index is -4.55. The van der Waals surface area contributed by atoms with Crippen molar-refractivity contribution in [2.24, 2.45) is 5.73 Å². The molecule has 0 unspecified atom stereocenters. The molecule has 1 atom stereocenters. The van der Waals surface area contributed by atoms with Crippen LogP contribution in [0.25, 0.3) is 0 Å². The van der Waals surface area contributed by atoms with E-state index in [-0.39, 0.29) is 34.5 Å². The molecule has 3 aromatic rings. The summed E-state index contributed by atoms with van der Waals surface area (Å²) in [6, 6.07) is 13.1. The van der Waals surface area contributed by atoms with E-state index in [1.54, 1.807) is 29.6 Å². The molecule has 2 heterocycles. The van der Waals surface area contributed by atoms with Gasteiger partial charge in [0, 0.05) is 12.5 Å². The largest absolute Gasteiger partial charge is 0.416 e. The first-order valence-electron chi connectivity index (χ1n) is 9.65. The average Bonchev–Trinajstić information content (AvgIpc) is 3.33. The maximum Gasteiger partial charge on any atom is 0.416 e. The van der Waals surface area contributed by atoms with Gasteiger partial charge >= 0.3 is 6.18 Å². The van der Waals surface area contributed by atoms with Gasteiger partial charge in [-0.15, -0.1) is 11.3 Å². The molecular weight excluding hydrogens is 441 g/mol. The maximum atomic E-state index is 13.5. The topological polar surface area (TPSA) is 80.5 Å². The van der Waals surface area contributed by atoms with Crippen LogP contribution in [0.2, 0.25) is 0 Å². The van der Waals surface area contributed by atoms with Crippen LogP contribution >= 0.6 is 11.3 Å². The van der Waals surface area contributed by atoms with Crippen LogP contribution in [-0.2, 0) is 12.6 Å². The van der Waals surface area contributed by atoms with E-state index in [1.807, 2.05) is 0 Å². The van der Waals surface area contributed by atoms with E-state index in [4.69, 9.17) is 5.73 Å². The number of imide groups is 1. The Kier molecular flexibility index (Phi) is 5.60. The summed E-state index contributed by atoms with van der Waals surface area (Å²) in [6.45, 7) is -0.131. The number of hydrogen-bond acceptors (Lipinski definition) is 4. The van der Waals surface area contributed by atoms with Crippen LogP contribution in [0.3, 0.4) is 0 Å². The molecule has 9 heteroatoms. The number of amides is 3. The zero-order chi connectivity index (χ0) is 23.0. The molecule has 32 heavy (non-hydrogen) atoms. The van der Waals surface area contributed by atoms with E-state index in [0.717, 1.165) is 22.3 Å². The molecule has 0 radical (unpaired) electrons. The normalized spacial score (nSPS) is 14.5. The van der Waals surface area contributed by atoms with E-state index in [1.165, 1.54) is 24.3 Å². The Balaban J connectivity index is 1.71. The van der Waals surface area contributed by atoms with Crippen LogP contribution < -0.4 is 5.73 Å². The molecule has 5 nitrogen and oxygen atoms in total. The van der Waals surface area contributed by atoms with Gasteiger partial charge in [0.2, 0.25) is 0 Å². The van der Waals surface area contributed by atoms with Crippen LogP contribution in [0.1, 0.15) is 53.0 Å². The van der Waals surface area contributed by atoms with Gasteiger partial charge < -0.3 is 5.73 Å². The highest BCUT2D eigenvalue weighted by Gasteiger charge is 2.38. The standard InChI is InChI=1S/C23H17F3N2O3S/c24-23(25,26)18-8-4-1-5-13(18)9-14(15-10-19(20(27)29)32-12-15)11-28-21(30)16-6-2-3-7-17(16)22(28)31/h1-8,10,12,14H,9,11H2,(H2,27,29)/t14-/m1/s1. The smallest absolute Gasteiger partial charge is 0.365 e. The summed E-state index contributed by atoms with van der Waals surface area (Å²) in [5, 5.41) is 1.62. The Labute approximate surface area is 185 Å². The minimum Gasteiger partial charge on any atom is -0.365 e. The van der Waals surface area contributed by atoms with E-state index < -0.39 is 35.4 Å². The number of carbonyl (C=O) groups excluding carboxylic acids is 3. The van der Waals surface area contributed by atoms with Crippen LogP contribution in [0.15, 0.2) is 60.0 Å². The third-order valence-corrected chi connectivity index (χ3v) is 6.37. The Bertz CT molecular complexity index is 1180. The molecule has 2 aromatic carbocycles. The van der Waals surface area contributed by atoms with Crippen LogP contribution in [0.5, 0.6) is 0 Å². The third kappa shape index (κ3) is 4.03. The Hall–Kier alpha value is -3.46. The predicted octanol–water partition coefficient (Wildman–Crippen LogP) is 4.49. The molecule has 0 aliphatic carbocycles. The van der Waals surface area contributed by atoms with Crippen molar-refractivity contribution in [3.63, 3.8) is 0 Å². The Morgan fingerprint density at radius 2 is 1.59 bits per heavy atom. The summed E-state index contributed by atoms with van der Waals surface area (Å²) in [5.41, 5.74) is 5.64. The van der Waals surface area contributed by atoms with Gasteiger partial charge in [-0.2, -0.15) is 13.2 Å². The van der Waals surface area contributed by atoms with Gasteiger partial charge in [0.25, 0.3) is 17.7 Å². The minimum absolute atomic E-state index is 0.0356. The van der Waals surface area contributed by atoms with Gasteiger partial charge in [-0.3, -0.25) is 19.3 Å². The van der Waals surface area contributed by atoms with Crippen molar-refractivity contribution in [2.45, 2.75) is 18.5 Å². The van der Waals surface area contributed by atoms with Crippen LogP contribution in [0, 0.1) is 0 Å². The summed E-state index contributed by atoms with van der Waals surface area (Å²) in [7, 11) is 0. The predicted molar refractivity (Wildman–Crippen MR) is 113 cm³/mol. The summed E-state index contributed by atoms with van der Waals surface area (Å²) in [4.78, 5) is 38.5. The fraction of sp³-hybridized carbons (Fsp3) is 0.174. The summed E-state index contributed by atoms with van der Waals surface area (Å²) < 4.78 is 40.6. The number of fused-ring (bicyclic) bond motifs is 1. The van der Waals surface area contributed by atoms with E-state index >= 15 is 0 Å². The number of hydrogen-bond donors (Lipinski definition) is 1. The number of halogens is 3. The highest BCUT2D eigenvalue weighted by Crippen LogP contribution is 2.36. The molecule has 1 aliphatic heterocycles. The zero-order valence-corrected chi connectivity index (χ0v) is 17.4. The molecule has 0 saturated carbocycles. The molecular formula is C23H17F3N2O3S. The zero-order valence-electron chi connectivity index (χ0n) is 16.6. The number of thiophene rings is 1. The lowest BCUT2D eigenvalue weighted by molar-refractivity contribution is -0.138. The van der Waals surface area contributed by atoms with Gasteiger partial charge in [0.15, 0.2) is 0 Å². The SMILES string of the molecule is NC(=O)c1cc([C@H](Cc2ccccc2C(F)(F)F)CN2C(=O)c3ccccc3C2=O)cs1. The van der Waals surface area contributed by atoms with Crippen molar-refractivity contribution < 1.29 is 27.6 Å². The van der Waals surface area contributed by atoms with Crippen molar-refractivity contribution in [3.8, 4) is 0 Å². The van der Waals surface area contributed by atoms with Gasteiger partial charge in [0.05, 0.1) is 21.6 Å². The second-order valence-electron chi connectivity index (χ2n) is 7.43. The molecule has 1 aromatic heterocycles. The van der Waals surface area contributed by atoms with Gasteiger partial charge in [-0.1, -0.05) is 30.3 Å². The average molecular weight is 458 g/mol. The second-order valence-corrected chi connectivity index (χ2v) is 8.34. The first-order chi connectivity index (χ1) is 15.2. The number of alkyl halides is 3. The summed E-state index contributed by atoms with van der Waals surface area (Å²) >= 11 is 1.07. The van der Waals surface area contributed by atoms with Crippen molar-refractivity contribution in [1.29, 1.82) is 0 Å². The number of nitrogens with zero attached hydrogens (tertiary/aromatic N) is 1. The molecule has 0 fully saturated rings. The van der Waals surface area contributed by atoms with E-state index in [9.17, 15) is 27.6 Å². The number of benzene rings is 2. The first-order valence-corrected chi connectivity index (χ1v) is 10.5. The molecule has 3 amide bonds. The van der Waals surface area contributed by atoms with Crippen molar-refractivity contribution in [2.75, 3.05) is 6.54 Å². The second kappa shape index (κ2) is 8.23. The Morgan fingerprint density at radius 1 is 1.00 bits per heavy atom. The number of carbonyl (C=O) groups is 3. The fourth-order valence-corrected chi connectivity index (χ4v) is 4.69. The third-order valence-electron chi connectivity index (χ3n) is 5.40. The first kappa shape index (κ1) is 21.8. The lowest BCUT2D eigenvalue weighted by Gasteiger charge is -2.24. The van der Waals surface area contributed by atoms with Crippen molar-refractivity contribution >= 4 is 29.1 Å². The highest BCUT2D eigenvalue weighted by atomic mass is 32.1. The van der Waals surface area contributed by atoms with E-state index in [0.29, 0.717) is 5.56 Å². The molecule has 2 N–H and O–H groups in total. The highest BCUT2D eigenvalue weighted by molar-refractivity contribution is 7.12. The van der Waals surface area contributed by atoms with E-state index in [2.05, 4.69) is 0 Å². The van der Waals surface area contributed by atoms with Gasteiger partial charge in [-0.05, 0) is 47.2 Å². The number of rotatable bonds is 6. The number of primary amides is 1. The molecule has 0 spiro atoms. The fourth-order valence-electron chi connectivity index (χ4n) is 3.85. The number of nitrogens with two attached hydrogens (primary N) is 1. The van der Waals surface area contributed by atoms with Crippen LogP contribution in [0.4, 0.5) is 13.2 Å². The molecule has 0 bridgehead atoms. The van der Waals surface area contributed by atoms with Crippen LogP contribution in [-0.4, -0.2) is 29.2 Å². The summed E-state index contributed by atoms with van der Waals surface area (Å²) in [6.07, 6.45) is -4.64. The Morgan fingerprint density at radius 3 is 2.16 bits per heavy atom. The molecule has 0 saturated heterocycles. The van der Waals surface area contributed by atoms with Crippen molar-refractivity contribution in [1.82, 2.24) is 4.90 Å². The van der Waals surface area contributed by atoms with Crippen molar-refractivity contribution in [3.05, 3.63) is 92.7 Å². The summed E-state index contributed by atoms with van der Waals surface area (Å²) in [5.74, 6) is -2.31.